The van der Waals surface area contributed by atoms with Gasteiger partial charge in [-0.15, -0.1) is 0 Å². The van der Waals surface area contributed by atoms with Gasteiger partial charge in [-0.05, 0) is 19.3 Å². The Labute approximate surface area is 91.8 Å². The molecule has 0 aromatic carbocycles. The van der Waals surface area contributed by atoms with Crippen LogP contribution < -0.4 is 11.5 Å². The lowest BCUT2D eigenvalue weighted by atomic mass is 10.2. The van der Waals surface area contributed by atoms with Crippen molar-refractivity contribution in [1.82, 2.24) is 4.90 Å². The first kappa shape index (κ1) is 13.2. The minimum Gasteiger partial charge on any atom is -0.368 e. The van der Waals surface area contributed by atoms with Gasteiger partial charge in [0, 0.05) is 12.6 Å². The number of hydrogen-bond donors (Lipinski definition) is 2. The topological polar surface area (TPSA) is 72.3 Å². The molecule has 1 rings (SSSR count). The second-order valence-corrected chi connectivity index (χ2v) is 4.11. The van der Waals surface area contributed by atoms with Gasteiger partial charge in [0.25, 0.3) is 0 Å². The van der Waals surface area contributed by atoms with E-state index in [-0.39, 0.29) is 19.0 Å². The monoisotopic (exact) mass is 239 g/mol. The van der Waals surface area contributed by atoms with Crippen LogP contribution in [0.3, 0.4) is 0 Å². The molecule has 4 nitrogen and oxygen atoms in total. The number of carbonyl (C=O) groups is 1. The number of halogens is 3. The zero-order valence-corrected chi connectivity index (χ0v) is 8.83. The van der Waals surface area contributed by atoms with Gasteiger partial charge in [-0.1, -0.05) is 0 Å². The van der Waals surface area contributed by atoms with Crippen LogP contribution in [0.5, 0.6) is 0 Å². The number of rotatable bonds is 6. The average Bonchev–Trinajstić information content (AvgIpc) is 2.92. The first-order valence-electron chi connectivity index (χ1n) is 5.15. The molecule has 94 valence electrons. The molecular weight excluding hydrogens is 223 g/mol. The van der Waals surface area contributed by atoms with E-state index >= 15 is 0 Å². The van der Waals surface area contributed by atoms with Crippen molar-refractivity contribution in [3.05, 3.63) is 0 Å². The van der Waals surface area contributed by atoms with Gasteiger partial charge >= 0.3 is 6.18 Å². The second kappa shape index (κ2) is 5.01. The number of nitrogens with two attached hydrogens (primary N) is 2. The number of nitrogens with zero attached hydrogens (tertiary/aromatic N) is 1. The summed E-state index contributed by atoms with van der Waals surface area (Å²) in [6.07, 6.45) is -2.48. The van der Waals surface area contributed by atoms with E-state index in [0.717, 1.165) is 12.8 Å². The van der Waals surface area contributed by atoms with E-state index < -0.39 is 24.7 Å². The molecular formula is C9H16F3N3O. The molecule has 1 aliphatic rings. The highest BCUT2D eigenvalue weighted by molar-refractivity contribution is 5.79. The molecule has 1 amide bonds. The Morgan fingerprint density at radius 2 is 2.00 bits per heavy atom. The summed E-state index contributed by atoms with van der Waals surface area (Å²) in [5, 5.41) is 0. The molecule has 7 heteroatoms. The fourth-order valence-electron chi connectivity index (χ4n) is 1.51. The summed E-state index contributed by atoms with van der Waals surface area (Å²) in [7, 11) is 0. The lowest BCUT2D eigenvalue weighted by molar-refractivity contribution is -0.147. The third-order valence-corrected chi connectivity index (χ3v) is 2.54. The van der Waals surface area contributed by atoms with Gasteiger partial charge in [0.2, 0.25) is 5.91 Å². The first-order chi connectivity index (χ1) is 7.29. The molecule has 0 aliphatic heterocycles. The second-order valence-electron chi connectivity index (χ2n) is 4.11. The van der Waals surface area contributed by atoms with E-state index in [1.165, 1.54) is 4.90 Å². The lowest BCUT2D eigenvalue weighted by Crippen LogP contribution is -2.42. The highest BCUT2D eigenvalue weighted by atomic mass is 19.4. The smallest absolute Gasteiger partial charge is 0.368 e. The van der Waals surface area contributed by atoms with E-state index in [4.69, 9.17) is 11.5 Å². The zero-order chi connectivity index (χ0) is 12.3. The molecule has 4 N–H and O–H groups in total. The summed E-state index contributed by atoms with van der Waals surface area (Å²) in [6, 6.07) is -0.879. The lowest BCUT2D eigenvalue weighted by Gasteiger charge is -2.24. The minimum atomic E-state index is -4.21. The van der Waals surface area contributed by atoms with Crippen LogP contribution in [0.4, 0.5) is 13.2 Å². The molecule has 0 bridgehead atoms. The highest BCUT2D eigenvalue weighted by Gasteiger charge is 2.37. The molecule has 1 unspecified atom stereocenters. The van der Waals surface area contributed by atoms with Crippen molar-refractivity contribution in [3.8, 4) is 0 Å². The normalized spacial score (nSPS) is 18.8. The van der Waals surface area contributed by atoms with Crippen LogP contribution >= 0.6 is 0 Å². The summed E-state index contributed by atoms with van der Waals surface area (Å²) in [4.78, 5) is 12.0. The minimum absolute atomic E-state index is 0.0123. The van der Waals surface area contributed by atoms with Gasteiger partial charge in [-0.3, -0.25) is 9.69 Å². The Bertz CT molecular complexity index is 253. The van der Waals surface area contributed by atoms with E-state index in [9.17, 15) is 18.0 Å². The zero-order valence-electron chi connectivity index (χ0n) is 8.83. The first-order valence-corrected chi connectivity index (χ1v) is 5.15. The molecule has 1 saturated carbocycles. The Morgan fingerprint density at radius 1 is 1.44 bits per heavy atom. The summed E-state index contributed by atoms with van der Waals surface area (Å²) in [5.74, 6) is -0.678. The Hall–Kier alpha value is -0.820. The highest BCUT2D eigenvalue weighted by Crippen LogP contribution is 2.30. The number of hydrogen-bond acceptors (Lipinski definition) is 3. The molecule has 1 fully saturated rings. The van der Waals surface area contributed by atoms with E-state index in [1.54, 1.807) is 0 Å². The maximum atomic E-state index is 12.2. The van der Waals surface area contributed by atoms with Crippen LogP contribution in [0.25, 0.3) is 0 Å². The van der Waals surface area contributed by atoms with Crippen molar-refractivity contribution in [2.24, 2.45) is 11.5 Å². The summed E-state index contributed by atoms with van der Waals surface area (Å²) in [6.45, 7) is -0.780. The van der Waals surface area contributed by atoms with E-state index in [0.29, 0.717) is 0 Å². The average molecular weight is 239 g/mol. The van der Waals surface area contributed by atoms with Gasteiger partial charge in [-0.2, -0.15) is 13.2 Å². The number of carbonyl (C=O) groups excluding carboxylic acids is 1. The maximum absolute atomic E-state index is 12.2. The summed E-state index contributed by atoms with van der Waals surface area (Å²) < 4.78 is 36.6. The van der Waals surface area contributed by atoms with Crippen LogP contribution in [0.15, 0.2) is 0 Å². The number of alkyl halides is 3. The Balaban J connectivity index is 2.37. The summed E-state index contributed by atoms with van der Waals surface area (Å²) in [5.41, 5.74) is 10.3. The Kier molecular flexibility index (Phi) is 4.15. The molecule has 1 atom stereocenters. The van der Waals surface area contributed by atoms with Gasteiger partial charge in [0.05, 0.1) is 12.6 Å². The van der Waals surface area contributed by atoms with E-state index in [1.807, 2.05) is 0 Å². The molecule has 0 aromatic rings. The SMILES string of the molecule is NC(=O)C(N)CCN(CC(F)(F)F)C1CC1. The fourth-order valence-corrected chi connectivity index (χ4v) is 1.51. The number of amides is 1. The van der Waals surface area contributed by atoms with Crippen LogP contribution in [-0.2, 0) is 4.79 Å². The molecule has 0 aromatic heterocycles. The van der Waals surface area contributed by atoms with Crippen molar-refractivity contribution >= 4 is 5.91 Å². The van der Waals surface area contributed by atoms with Crippen molar-refractivity contribution in [3.63, 3.8) is 0 Å². The van der Waals surface area contributed by atoms with Gasteiger partial charge in [0.15, 0.2) is 0 Å². The summed E-state index contributed by atoms with van der Waals surface area (Å²) >= 11 is 0. The standard InChI is InChI=1S/C9H16F3N3O/c10-9(11,12)5-15(6-1-2-6)4-3-7(13)8(14)16/h6-7H,1-5,13H2,(H2,14,16). The molecule has 0 heterocycles. The van der Waals surface area contributed by atoms with Crippen LogP contribution in [0, 0.1) is 0 Å². The fraction of sp³-hybridized carbons (Fsp3) is 0.889. The van der Waals surface area contributed by atoms with Crippen molar-refractivity contribution in [2.45, 2.75) is 37.5 Å². The van der Waals surface area contributed by atoms with E-state index in [2.05, 4.69) is 0 Å². The van der Waals surface area contributed by atoms with Crippen LogP contribution in [0.2, 0.25) is 0 Å². The molecule has 0 spiro atoms. The molecule has 16 heavy (non-hydrogen) atoms. The van der Waals surface area contributed by atoms with Crippen molar-refractivity contribution in [1.29, 1.82) is 0 Å². The predicted molar refractivity (Wildman–Crippen MR) is 52.4 cm³/mol. The third kappa shape index (κ3) is 4.80. The Morgan fingerprint density at radius 3 is 2.38 bits per heavy atom. The maximum Gasteiger partial charge on any atom is 0.401 e. The quantitative estimate of drug-likeness (QED) is 0.696. The number of primary amides is 1. The van der Waals surface area contributed by atoms with Crippen LogP contribution in [0.1, 0.15) is 19.3 Å². The third-order valence-electron chi connectivity index (χ3n) is 2.54. The van der Waals surface area contributed by atoms with Gasteiger partial charge < -0.3 is 11.5 Å². The predicted octanol–water partition coefficient (Wildman–Crippen LogP) is 0.216. The van der Waals surface area contributed by atoms with Gasteiger partial charge in [0.1, 0.15) is 0 Å². The molecule has 0 saturated heterocycles. The largest absolute Gasteiger partial charge is 0.401 e. The van der Waals surface area contributed by atoms with Crippen molar-refractivity contribution < 1.29 is 18.0 Å². The van der Waals surface area contributed by atoms with Gasteiger partial charge in [-0.25, -0.2) is 0 Å². The van der Waals surface area contributed by atoms with Crippen LogP contribution in [-0.4, -0.2) is 42.2 Å². The van der Waals surface area contributed by atoms with Crippen molar-refractivity contribution in [2.75, 3.05) is 13.1 Å². The molecule has 1 aliphatic carbocycles. The molecule has 0 radical (unpaired) electrons.